The molecular weight excluding hydrogens is 370 g/mol. The number of nitrogens with zero attached hydrogens (tertiary/aromatic N) is 4. The Balaban J connectivity index is 0.00000261. The third kappa shape index (κ3) is 5.05. The highest BCUT2D eigenvalue weighted by Gasteiger charge is 2.24. The normalized spacial score (nSPS) is 14.6. The van der Waals surface area contributed by atoms with Crippen molar-refractivity contribution in [3.05, 3.63) is 52.3 Å². The Bertz CT molecular complexity index is 770. The molecule has 1 saturated heterocycles. The van der Waals surface area contributed by atoms with Gasteiger partial charge in [-0.15, -0.1) is 12.4 Å². The topological polar surface area (TPSA) is 93.3 Å². The van der Waals surface area contributed by atoms with Crippen LogP contribution in [0.25, 0.3) is 5.69 Å². The van der Waals surface area contributed by atoms with Crippen molar-refractivity contribution >= 4 is 24.0 Å². The van der Waals surface area contributed by atoms with E-state index in [0.717, 1.165) is 39.0 Å². The number of nitro groups is 1. The molecule has 0 spiro atoms. The maximum atomic E-state index is 12.7. The van der Waals surface area contributed by atoms with Gasteiger partial charge in [-0.1, -0.05) is 6.92 Å². The molecular formula is C18H24ClN5O3. The Morgan fingerprint density at radius 3 is 2.56 bits per heavy atom. The van der Waals surface area contributed by atoms with Gasteiger partial charge in [0.25, 0.3) is 11.6 Å². The second-order valence-corrected chi connectivity index (χ2v) is 6.49. The molecule has 0 radical (unpaired) electrons. The average molecular weight is 394 g/mol. The standard InChI is InChI=1S/C18H23N5O3.ClH/c1-2-19-11-14-7-9-21(10-8-14)18(24)15-12-20-22(13-15)16-3-5-17(6-4-16)23(25)26;/h3-6,12-14,19H,2,7-11H2,1H3;1H. The number of amides is 1. The zero-order valence-electron chi connectivity index (χ0n) is 15.2. The van der Waals surface area contributed by atoms with Crippen LogP contribution in [-0.2, 0) is 0 Å². The van der Waals surface area contributed by atoms with E-state index in [1.165, 1.54) is 12.1 Å². The van der Waals surface area contributed by atoms with Gasteiger partial charge < -0.3 is 10.2 Å². The Morgan fingerprint density at radius 2 is 1.96 bits per heavy atom. The summed E-state index contributed by atoms with van der Waals surface area (Å²) in [5.41, 5.74) is 1.24. The zero-order valence-corrected chi connectivity index (χ0v) is 16.0. The van der Waals surface area contributed by atoms with Gasteiger partial charge in [0.1, 0.15) is 0 Å². The molecule has 146 valence electrons. The lowest BCUT2D eigenvalue weighted by molar-refractivity contribution is -0.384. The van der Waals surface area contributed by atoms with Crippen LogP contribution in [0.4, 0.5) is 5.69 Å². The number of carbonyl (C=O) groups is 1. The van der Waals surface area contributed by atoms with Crippen molar-refractivity contribution in [2.75, 3.05) is 26.2 Å². The molecule has 9 heteroatoms. The van der Waals surface area contributed by atoms with Crippen LogP contribution in [0.2, 0.25) is 0 Å². The number of nitro benzene ring substituents is 1. The molecule has 1 aromatic carbocycles. The van der Waals surface area contributed by atoms with Crippen molar-refractivity contribution in [1.29, 1.82) is 0 Å². The summed E-state index contributed by atoms with van der Waals surface area (Å²) in [4.78, 5) is 24.8. The van der Waals surface area contributed by atoms with Crippen LogP contribution in [0, 0.1) is 16.0 Å². The minimum atomic E-state index is -0.443. The second-order valence-electron chi connectivity index (χ2n) is 6.49. The molecule has 0 bridgehead atoms. The first-order valence-corrected chi connectivity index (χ1v) is 8.88. The number of benzene rings is 1. The van der Waals surface area contributed by atoms with E-state index >= 15 is 0 Å². The van der Waals surface area contributed by atoms with E-state index < -0.39 is 4.92 Å². The van der Waals surface area contributed by atoms with Crippen LogP contribution in [0.15, 0.2) is 36.7 Å². The fourth-order valence-electron chi connectivity index (χ4n) is 3.17. The molecule has 0 aliphatic carbocycles. The quantitative estimate of drug-likeness (QED) is 0.601. The van der Waals surface area contributed by atoms with E-state index in [1.54, 1.807) is 29.2 Å². The van der Waals surface area contributed by atoms with Gasteiger partial charge in [-0.05, 0) is 44.0 Å². The number of hydrogen-bond acceptors (Lipinski definition) is 5. The minimum Gasteiger partial charge on any atom is -0.339 e. The first-order valence-electron chi connectivity index (χ1n) is 8.88. The molecule has 2 heterocycles. The van der Waals surface area contributed by atoms with Crippen LogP contribution >= 0.6 is 12.4 Å². The van der Waals surface area contributed by atoms with E-state index in [0.29, 0.717) is 17.2 Å². The fraction of sp³-hybridized carbons (Fsp3) is 0.444. The molecule has 2 aromatic rings. The van der Waals surface area contributed by atoms with E-state index in [1.807, 2.05) is 4.90 Å². The van der Waals surface area contributed by atoms with Crippen molar-refractivity contribution in [2.45, 2.75) is 19.8 Å². The van der Waals surface area contributed by atoms with E-state index in [2.05, 4.69) is 17.3 Å². The Labute approximate surface area is 164 Å². The van der Waals surface area contributed by atoms with Gasteiger partial charge in [0.05, 0.1) is 22.4 Å². The molecule has 0 unspecified atom stereocenters. The molecule has 27 heavy (non-hydrogen) atoms. The summed E-state index contributed by atoms with van der Waals surface area (Å²) >= 11 is 0. The fourth-order valence-corrected chi connectivity index (χ4v) is 3.17. The molecule has 3 rings (SSSR count). The average Bonchev–Trinajstić information content (AvgIpc) is 3.16. The second kappa shape index (κ2) is 9.48. The number of non-ortho nitro benzene ring substituents is 1. The minimum absolute atomic E-state index is 0. The number of hydrogen-bond donors (Lipinski definition) is 1. The molecule has 1 aliphatic heterocycles. The predicted octanol–water partition coefficient (Wildman–Crippen LogP) is 2.66. The summed E-state index contributed by atoms with van der Waals surface area (Å²) in [5, 5.41) is 18.3. The van der Waals surface area contributed by atoms with Crippen molar-refractivity contribution in [1.82, 2.24) is 20.0 Å². The van der Waals surface area contributed by atoms with Crippen molar-refractivity contribution in [3.8, 4) is 5.69 Å². The van der Waals surface area contributed by atoms with E-state index in [-0.39, 0.29) is 24.0 Å². The summed E-state index contributed by atoms with van der Waals surface area (Å²) in [6, 6.07) is 6.08. The Hall–Kier alpha value is -2.45. The molecule has 1 N–H and O–H groups in total. The number of halogens is 1. The highest BCUT2D eigenvalue weighted by molar-refractivity contribution is 5.93. The van der Waals surface area contributed by atoms with Crippen LogP contribution < -0.4 is 5.32 Å². The molecule has 1 amide bonds. The highest BCUT2D eigenvalue weighted by Crippen LogP contribution is 2.19. The van der Waals surface area contributed by atoms with Crippen LogP contribution in [0.3, 0.4) is 0 Å². The van der Waals surface area contributed by atoms with Gasteiger partial charge in [-0.2, -0.15) is 5.10 Å². The van der Waals surface area contributed by atoms with Gasteiger partial charge in [0.15, 0.2) is 0 Å². The lowest BCUT2D eigenvalue weighted by Gasteiger charge is -2.31. The molecule has 8 nitrogen and oxygen atoms in total. The lowest BCUT2D eigenvalue weighted by Crippen LogP contribution is -2.40. The Morgan fingerprint density at radius 1 is 1.30 bits per heavy atom. The van der Waals surface area contributed by atoms with Gasteiger partial charge in [0.2, 0.25) is 0 Å². The summed E-state index contributed by atoms with van der Waals surface area (Å²) < 4.78 is 1.56. The SMILES string of the molecule is CCNCC1CCN(C(=O)c2cnn(-c3ccc([N+](=O)[O-])cc3)c2)CC1.Cl. The van der Waals surface area contributed by atoms with Crippen LogP contribution in [-0.4, -0.2) is 51.7 Å². The maximum Gasteiger partial charge on any atom is 0.269 e. The van der Waals surface area contributed by atoms with Crippen LogP contribution in [0.1, 0.15) is 30.1 Å². The predicted molar refractivity (Wildman–Crippen MR) is 105 cm³/mol. The molecule has 0 atom stereocenters. The van der Waals surface area contributed by atoms with Gasteiger partial charge >= 0.3 is 0 Å². The number of aromatic nitrogens is 2. The lowest BCUT2D eigenvalue weighted by atomic mass is 9.96. The molecule has 0 saturated carbocycles. The van der Waals surface area contributed by atoms with Crippen molar-refractivity contribution in [3.63, 3.8) is 0 Å². The summed E-state index contributed by atoms with van der Waals surface area (Å²) in [6.45, 7) is 5.61. The highest BCUT2D eigenvalue weighted by atomic mass is 35.5. The number of piperidine rings is 1. The van der Waals surface area contributed by atoms with Crippen molar-refractivity contribution in [2.24, 2.45) is 5.92 Å². The Kier molecular flexibility index (Phi) is 7.32. The number of likely N-dealkylation sites (tertiary alicyclic amines) is 1. The summed E-state index contributed by atoms with van der Waals surface area (Å²) in [7, 11) is 0. The summed E-state index contributed by atoms with van der Waals surface area (Å²) in [5.74, 6) is 0.613. The van der Waals surface area contributed by atoms with Crippen LogP contribution in [0.5, 0.6) is 0 Å². The van der Waals surface area contributed by atoms with E-state index in [9.17, 15) is 14.9 Å². The molecule has 1 aliphatic rings. The van der Waals surface area contributed by atoms with Crippen molar-refractivity contribution < 1.29 is 9.72 Å². The van der Waals surface area contributed by atoms with E-state index in [4.69, 9.17) is 0 Å². The first kappa shape index (κ1) is 20.9. The smallest absolute Gasteiger partial charge is 0.269 e. The third-order valence-corrected chi connectivity index (χ3v) is 4.74. The van der Waals surface area contributed by atoms with Gasteiger partial charge in [0, 0.05) is 31.4 Å². The van der Waals surface area contributed by atoms with Gasteiger partial charge in [-0.3, -0.25) is 14.9 Å². The number of carbonyl (C=O) groups excluding carboxylic acids is 1. The summed E-state index contributed by atoms with van der Waals surface area (Å²) in [6.07, 6.45) is 5.24. The van der Waals surface area contributed by atoms with Gasteiger partial charge in [-0.25, -0.2) is 4.68 Å². The molecule has 1 fully saturated rings. The third-order valence-electron chi connectivity index (χ3n) is 4.74. The monoisotopic (exact) mass is 393 g/mol. The maximum absolute atomic E-state index is 12.7. The first-order chi connectivity index (χ1) is 12.6. The number of rotatable bonds is 6. The molecule has 1 aromatic heterocycles. The zero-order chi connectivity index (χ0) is 18.5. The number of nitrogens with one attached hydrogen (secondary N) is 1. The largest absolute Gasteiger partial charge is 0.339 e.